The summed E-state index contributed by atoms with van der Waals surface area (Å²) in [6, 6.07) is 4.05. The smallest absolute Gasteiger partial charge is 0.321 e. The van der Waals surface area contributed by atoms with Crippen LogP contribution in [0.2, 0.25) is 0 Å². The van der Waals surface area contributed by atoms with Gasteiger partial charge in [0.15, 0.2) is 0 Å². The van der Waals surface area contributed by atoms with Crippen molar-refractivity contribution in [3.63, 3.8) is 0 Å². The first-order valence-corrected chi connectivity index (χ1v) is 7.66. The number of hydrogen-bond donors (Lipinski definition) is 0. The zero-order valence-corrected chi connectivity index (χ0v) is 12.5. The van der Waals surface area contributed by atoms with E-state index >= 15 is 0 Å². The summed E-state index contributed by atoms with van der Waals surface area (Å²) >= 11 is 0. The first kappa shape index (κ1) is 16.6. The molecule has 0 aliphatic carbocycles. The lowest BCUT2D eigenvalue weighted by atomic mass is 10.4. The van der Waals surface area contributed by atoms with Crippen LogP contribution in [0.25, 0.3) is 0 Å². The average Bonchev–Trinajstić information content (AvgIpc) is 2.36. The molecule has 0 heterocycles. The van der Waals surface area contributed by atoms with Crippen molar-refractivity contribution in [3.8, 4) is 0 Å². The van der Waals surface area contributed by atoms with E-state index in [2.05, 4.69) is 0 Å². The van der Waals surface area contributed by atoms with Gasteiger partial charge in [-0.3, -0.25) is 4.79 Å². The van der Waals surface area contributed by atoms with Gasteiger partial charge in [-0.15, -0.1) is 0 Å². The Morgan fingerprint density at radius 3 is 2.30 bits per heavy atom. The van der Waals surface area contributed by atoms with Crippen molar-refractivity contribution in [1.82, 2.24) is 4.31 Å². The van der Waals surface area contributed by atoms with Crippen LogP contribution in [0.15, 0.2) is 29.2 Å². The molecule has 20 heavy (non-hydrogen) atoms. The van der Waals surface area contributed by atoms with Gasteiger partial charge in [0, 0.05) is 6.04 Å². The number of sulfonamides is 1. The quantitative estimate of drug-likeness (QED) is 0.752. The maximum atomic E-state index is 12.9. The molecule has 112 valence electrons. The van der Waals surface area contributed by atoms with Crippen LogP contribution in [0.1, 0.15) is 20.8 Å². The zero-order valence-electron chi connectivity index (χ0n) is 11.7. The molecule has 0 saturated carbocycles. The molecular weight excluding hydrogens is 285 g/mol. The Morgan fingerprint density at radius 2 is 1.85 bits per heavy atom. The van der Waals surface area contributed by atoms with E-state index in [1.807, 2.05) is 0 Å². The summed E-state index contributed by atoms with van der Waals surface area (Å²) in [6.45, 7) is 4.76. The summed E-state index contributed by atoms with van der Waals surface area (Å²) in [5, 5.41) is 0. The van der Waals surface area contributed by atoms with Crippen molar-refractivity contribution >= 4 is 16.0 Å². The van der Waals surface area contributed by atoms with Crippen molar-refractivity contribution in [2.45, 2.75) is 31.7 Å². The van der Waals surface area contributed by atoms with Crippen LogP contribution < -0.4 is 0 Å². The van der Waals surface area contributed by atoms with Gasteiger partial charge < -0.3 is 4.74 Å². The number of benzene rings is 1. The first-order valence-electron chi connectivity index (χ1n) is 6.22. The van der Waals surface area contributed by atoms with Gasteiger partial charge in [0.1, 0.15) is 12.4 Å². The van der Waals surface area contributed by atoms with Gasteiger partial charge in [-0.25, -0.2) is 12.8 Å². The molecule has 0 bridgehead atoms. The minimum atomic E-state index is -3.86. The van der Waals surface area contributed by atoms with E-state index in [-0.39, 0.29) is 18.0 Å². The molecule has 5 nitrogen and oxygen atoms in total. The van der Waals surface area contributed by atoms with Crippen LogP contribution in [0.3, 0.4) is 0 Å². The van der Waals surface area contributed by atoms with Gasteiger partial charge >= 0.3 is 5.97 Å². The summed E-state index contributed by atoms with van der Waals surface area (Å²) in [5.41, 5.74) is 0. The Balaban J connectivity index is 3.06. The largest absolute Gasteiger partial charge is 0.465 e. The average molecular weight is 303 g/mol. The van der Waals surface area contributed by atoms with E-state index in [9.17, 15) is 17.6 Å². The van der Waals surface area contributed by atoms with Crippen molar-refractivity contribution in [3.05, 3.63) is 30.1 Å². The van der Waals surface area contributed by atoms with Crippen LogP contribution in [0.4, 0.5) is 4.39 Å². The monoisotopic (exact) mass is 303 g/mol. The SMILES string of the molecule is CCOC(=O)CN(C(C)C)S(=O)(=O)c1ccc(F)cc1. The summed E-state index contributed by atoms with van der Waals surface area (Å²) in [7, 11) is -3.86. The predicted octanol–water partition coefficient (Wildman–Crippen LogP) is 1.79. The van der Waals surface area contributed by atoms with E-state index in [1.54, 1.807) is 20.8 Å². The van der Waals surface area contributed by atoms with E-state index in [4.69, 9.17) is 4.74 Å². The van der Waals surface area contributed by atoms with Crippen LogP contribution in [-0.4, -0.2) is 37.9 Å². The Hall–Kier alpha value is -1.47. The van der Waals surface area contributed by atoms with Gasteiger partial charge in [0.25, 0.3) is 0 Å². The highest BCUT2D eigenvalue weighted by atomic mass is 32.2. The third kappa shape index (κ3) is 4.01. The fraction of sp³-hybridized carbons (Fsp3) is 0.462. The number of rotatable bonds is 6. The van der Waals surface area contributed by atoms with E-state index in [0.29, 0.717) is 0 Å². The Labute approximate surface area is 118 Å². The van der Waals surface area contributed by atoms with E-state index in [1.165, 1.54) is 12.1 Å². The molecule has 0 amide bonds. The Bertz CT molecular complexity index is 554. The minimum absolute atomic E-state index is 0.0584. The topological polar surface area (TPSA) is 63.7 Å². The van der Waals surface area contributed by atoms with Gasteiger partial charge in [-0.1, -0.05) is 0 Å². The lowest BCUT2D eigenvalue weighted by Crippen LogP contribution is -2.41. The Morgan fingerprint density at radius 1 is 1.30 bits per heavy atom. The van der Waals surface area contributed by atoms with Crippen LogP contribution in [-0.2, 0) is 19.6 Å². The Kier molecular flexibility index (Phi) is 5.64. The standard InChI is InChI=1S/C13H18FNO4S/c1-4-19-13(16)9-15(10(2)3)20(17,18)12-7-5-11(14)6-8-12/h5-8,10H,4,9H2,1-3H3. The highest BCUT2D eigenvalue weighted by Crippen LogP contribution is 2.18. The molecule has 0 atom stereocenters. The number of esters is 1. The fourth-order valence-electron chi connectivity index (χ4n) is 1.62. The maximum Gasteiger partial charge on any atom is 0.321 e. The summed E-state index contributed by atoms with van der Waals surface area (Å²) in [5.74, 6) is -1.14. The number of halogens is 1. The highest BCUT2D eigenvalue weighted by Gasteiger charge is 2.29. The molecule has 0 aliphatic heterocycles. The van der Waals surface area contributed by atoms with Crippen molar-refractivity contribution in [1.29, 1.82) is 0 Å². The summed E-state index contributed by atoms with van der Waals surface area (Å²) in [4.78, 5) is 11.4. The number of nitrogens with zero attached hydrogens (tertiary/aromatic N) is 1. The molecular formula is C13H18FNO4S. The highest BCUT2D eigenvalue weighted by molar-refractivity contribution is 7.89. The number of carbonyl (C=O) groups is 1. The molecule has 1 aromatic carbocycles. The van der Waals surface area contributed by atoms with Gasteiger partial charge in [-0.2, -0.15) is 4.31 Å². The van der Waals surface area contributed by atoms with Crippen molar-refractivity contribution < 1.29 is 22.3 Å². The lowest BCUT2D eigenvalue weighted by molar-refractivity contribution is -0.143. The second kappa shape index (κ2) is 6.81. The molecule has 0 fully saturated rings. The zero-order chi connectivity index (χ0) is 15.3. The third-order valence-electron chi connectivity index (χ3n) is 2.59. The van der Waals surface area contributed by atoms with Gasteiger partial charge in [0.2, 0.25) is 10.0 Å². The molecule has 0 saturated heterocycles. The molecule has 7 heteroatoms. The summed E-state index contributed by atoms with van der Waals surface area (Å²) in [6.07, 6.45) is 0. The van der Waals surface area contributed by atoms with Crippen LogP contribution >= 0.6 is 0 Å². The third-order valence-corrected chi connectivity index (χ3v) is 4.62. The normalized spacial score (nSPS) is 11.9. The summed E-state index contributed by atoms with van der Waals surface area (Å²) < 4.78 is 43.5. The van der Waals surface area contributed by atoms with Crippen LogP contribution in [0.5, 0.6) is 0 Å². The van der Waals surface area contributed by atoms with Crippen LogP contribution in [0, 0.1) is 5.82 Å². The second-order valence-electron chi connectivity index (χ2n) is 4.40. The maximum absolute atomic E-state index is 12.9. The molecule has 1 rings (SSSR count). The molecule has 0 unspecified atom stereocenters. The molecule has 0 spiro atoms. The second-order valence-corrected chi connectivity index (χ2v) is 6.29. The molecule has 0 N–H and O–H groups in total. The number of carbonyl (C=O) groups excluding carboxylic acids is 1. The van der Waals surface area contributed by atoms with Crippen molar-refractivity contribution in [2.75, 3.05) is 13.2 Å². The minimum Gasteiger partial charge on any atom is -0.465 e. The number of ether oxygens (including phenoxy) is 1. The molecule has 1 aromatic rings. The molecule has 0 aliphatic rings. The van der Waals surface area contributed by atoms with Gasteiger partial charge in [-0.05, 0) is 45.0 Å². The lowest BCUT2D eigenvalue weighted by Gasteiger charge is -2.24. The van der Waals surface area contributed by atoms with E-state index in [0.717, 1.165) is 16.4 Å². The van der Waals surface area contributed by atoms with Crippen molar-refractivity contribution in [2.24, 2.45) is 0 Å². The first-order chi connectivity index (χ1) is 9.28. The predicted molar refractivity (Wildman–Crippen MR) is 72.1 cm³/mol. The number of hydrogen-bond acceptors (Lipinski definition) is 4. The fourth-order valence-corrected chi connectivity index (χ4v) is 3.20. The van der Waals surface area contributed by atoms with E-state index < -0.39 is 27.9 Å². The molecule has 0 radical (unpaired) electrons. The molecule has 0 aromatic heterocycles. The van der Waals surface area contributed by atoms with Gasteiger partial charge in [0.05, 0.1) is 11.5 Å².